The standard InChI is InChI=1S/C29H25ClN2O5/c1-4-7-21-14-20(16-25(36-3)26(21)37-17-19-10-12-22(30)13-11-19)15-23-27(33)31-29(35)32(28(23)34)24-9-6-5-8-18(24)2/h4-6,8-16H,1,7,17H2,2-3H3,(H,31,33,35)/b23-15+. The highest BCUT2D eigenvalue weighted by molar-refractivity contribution is 6.39. The van der Waals surface area contributed by atoms with E-state index in [1.807, 2.05) is 12.1 Å². The van der Waals surface area contributed by atoms with Crippen molar-refractivity contribution in [2.45, 2.75) is 20.0 Å². The van der Waals surface area contributed by atoms with Gasteiger partial charge in [-0.25, -0.2) is 9.69 Å². The van der Waals surface area contributed by atoms with Gasteiger partial charge in [0.05, 0.1) is 12.8 Å². The van der Waals surface area contributed by atoms with Gasteiger partial charge in [0, 0.05) is 10.6 Å². The van der Waals surface area contributed by atoms with Crippen LogP contribution >= 0.6 is 11.6 Å². The van der Waals surface area contributed by atoms with E-state index in [0.717, 1.165) is 21.6 Å². The average molecular weight is 517 g/mol. The molecule has 3 aromatic rings. The molecular formula is C29H25ClN2O5. The molecule has 1 heterocycles. The molecule has 7 nitrogen and oxygen atoms in total. The van der Waals surface area contributed by atoms with E-state index in [-0.39, 0.29) is 12.2 Å². The van der Waals surface area contributed by atoms with Gasteiger partial charge in [0.1, 0.15) is 12.2 Å². The predicted octanol–water partition coefficient (Wildman–Crippen LogP) is 5.63. The summed E-state index contributed by atoms with van der Waals surface area (Å²) in [4.78, 5) is 39.5. The van der Waals surface area contributed by atoms with Crippen molar-refractivity contribution in [2.75, 3.05) is 12.0 Å². The van der Waals surface area contributed by atoms with Crippen molar-refractivity contribution in [1.29, 1.82) is 0 Å². The number of para-hydroxylation sites is 1. The number of imide groups is 2. The van der Waals surface area contributed by atoms with E-state index in [1.165, 1.54) is 13.2 Å². The van der Waals surface area contributed by atoms with Crippen molar-refractivity contribution in [3.63, 3.8) is 0 Å². The van der Waals surface area contributed by atoms with E-state index in [2.05, 4.69) is 11.9 Å². The van der Waals surface area contributed by atoms with Gasteiger partial charge in [-0.1, -0.05) is 48.0 Å². The largest absolute Gasteiger partial charge is 0.493 e. The van der Waals surface area contributed by atoms with Gasteiger partial charge >= 0.3 is 6.03 Å². The molecule has 0 saturated carbocycles. The molecule has 0 aliphatic carbocycles. The zero-order valence-corrected chi connectivity index (χ0v) is 21.2. The molecular weight excluding hydrogens is 492 g/mol. The minimum Gasteiger partial charge on any atom is -0.493 e. The lowest BCUT2D eigenvalue weighted by Gasteiger charge is -2.27. The normalized spacial score (nSPS) is 14.5. The van der Waals surface area contributed by atoms with Crippen LogP contribution < -0.4 is 19.7 Å². The summed E-state index contributed by atoms with van der Waals surface area (Å²) in [7, 11) is 1.51. The second-order valence-corrected chi connectivity index (χ2v) is 8.80. The molecule has 4 rings (SSSR count). The first-order valence-electron chi connectivity index (χ1n) is 11.5. The summed E-state index contributed by atoms with van der Waals surface area (Å²) in [5.74, 6) is -0.534. The first kappa shape index (κ1) is 25.7. The fraction of sp³-hybridized carbons (Fsp3) is 0.138. The number of carbonyl (C=O) groups is 3. The minimum absolute atomic E-state index is 0.177. The molecule has 1 aliphatic rings. The molecule has 1 fully saturated rings. The van der Waals surface area contributed by atoms with Crippen LogP contribution in [0.2, 0.25) is 5.02 Å². The van der Waals surface area contributed by atoms with Crippen molar-refractivity contribution in [1.82, 2.24) is 5.32 Å². The van der Waals surface area contributed by atoms with Crippen molar-refractivity contribution in [3.05, 3.63) is 106 Å². The first-order chi connectivity index (χ1) is 17.8. The number of hydrogen-bond donors (Lipinski definition) is 1. The van der Waals surface area contributed by atoms with Crippen LogP contribution in [0.1, 0.15) is 22.3 Å². The maximum atomic E-state index is 13.3. The number of carbonyl (C=O) groups excluding carboxylic acids is 3. The molecule has 188 valence electrons. The lowest BCUT2D eigenvalue weighted by atomic mass is 10.0. The Morgan fingerprint density at radius 1 is 1.05 bits per heavy atom. The van der Waals surface area contributed by atoms with Crippen molar-refractivity contribution < 1.29 is 23.9 Å². The maximum Gasteiger partial charge on any atom is 0.335 e. The van der Waals surface area contributed by atoms with Gasteiger partial charge in [-0.05, 0) is 66.4 Å². The number of hydrogen-bond acceptors (Lipinski definition) is 5. The number of ether oxygens (including phenoxy) is 2. The Bertz CT molecular complexity index is 1410. The van der Waals surface area contributed by atoms with Gasteiger partial charge in [0.2, 0.25) is 0 Å². The molecule has 0 unspecified atom stereocenters. The second-order valence-electron chi connectivity index (χ2n) is 8.36. The minimum atomic E-state index is -0.794. The number of benzene rings is 3. The number of halogens is 1. The highest BCUT2D eigenvalue weighted by Crippen LogP contribution is 2.35. The number of urea groups is 1. The zero-order chi connectivity index (χ0) is 26.5. The Hall–Kier alpha value is -4.36. The molecule has 0 spiro atoms. The van der Waals surface area contributed by atoms with E-state index >= 15 is 0 Å². The summed E-state index contributed by atoms with van der Waals surface area (Å²) in [5.41, 5.74) is 3.16. The van der Waals surface area contributed by atoms with Gasteiger partial charge < -0.3 is 9.47 Å². The molecule has 8 heteroatoms. The number of nitrogens with zero attached hydrogens (tertiary/aromatic N) is 1. The summed E-state index contributed by atoms with van der Waals surface area (Å²) < 4.78 is 11.7. The number of aryl methyl sites for hydroxylation is 1. The van der Waals surface area contributed by atoms with Crippen LogP contribution in [0.4, 0.5) is 10.5 Å². The van der Waals surface area contributed by atoms with E-state index in [0.29, 0.717) is 34.2 Å². The van der Waals surface area contributed by atoms with E-state index < -0.39 is 17.8 Å². The number of allylic oxidation sites excluding steroid dienone is 1. The Labute approximate surface area is 219 Å². The van der Waals surface area contributed by atoms with Gasteiger partial charge in [-0.2, -0.15) is 0 Å². The molecule has 1 saturated heterocycles. The first-order valence-corrected chi connectivity index (χ1v) is 11.9. The van der Waals surface area contributed by atoms with Gasteiger partial charge in [-0.15, -0.1) is 6.58 Å². The summed E-state index contributed by atoms with van der Waals surface area (Å²) in [6.07, 6.45) is 3.61. The van der Waals surface area contributed by atoms with Crippen molar-refractivity contribution in [3.8, 4) is 11.5 Å². The highest BCUT2D eigenvalue weighted by Gasteiger charge is 2.37. The Morgan fingerprint density at radius 3 is 2.46 bits per heavy atom. The molecule has 0 radical (unpaired) electrons. The van der Waals surface area contributed by atoms with Gasteiger partial charge in [0.25, 0.3) is 11.8 Å². The molecule has 37 heavy (non-hydrogen) atoms. The lowest BCUT2D eigenvalue weighted by Crippen LogP contribution is -2.54. The van der Waals surface area contributed by atoms with E-state index in [9.17, 15) is 14.4 Å². The number of barbiturate groups is 1. The van der Waals surface area contributed by atoms with Crippen LogP contribution in [0.25, 0.3) is 6.08 Å². The third kappa shape index (κ3) is 5.57. The monoisotopic (exact) mass is 516 g/mol. The number of anilines is 1. The van der Waals surface area contributed by atoms with Crippen LogP contribution in [-0.2, 0) is 22.6 Å². The summed E-state index contributed by atoms with van der Waals surface area (Å²) >= 11 is 5.97. The zero-order valence-electron chi connectivity index (χ0n) is 20.4. The van der Waals surface area contributed by atoms with Crippen LogP contribution in [0.5, 0.6) is 11.5 Å². The van der Waals surface area contributed by atoms with Crippen LogP contribution in [0.3, 0.4) is 0 Å². The molecule has 0 bridgehead atoms. The Morgan fingerprint density at radius 2 is 1.78 bits per heavy atom. The summed E-state index contributed by atoms with van der Waals surface area (Å²) in [6, 6.07) is 16.9. The Kier molecular flexibility index (Phi) is 7.74. The van der Waals surface area contributed by atoms with Crippen molar-refractivity contribution in [2.24, 2.45) is 0 Å². The maximum absolute atomic E-state index is 13.3. The predicted molar refractivity (Wildman–Crippen MR) is 143 cm³/mol. The third-order valence-corrected chi connectivity index (χ3v) is 6.06. The SMILES string of the molecule is C=CCc1cc(/C=C2\C(=O)NC(=O)N(c3ccccc3C)C2=O)cc(OC)c1OCc1ccc(Cl)cc1. The number of amides is 4. The molecule has 1 aliphatic heterocycles. The third-order valence-electron chi connectivity index (χ3n) is 5.80. The van der Waals surface area contributed by atoms with Crippen molar-refractivity contribution >= 4 is 41.2 Å². The summed E-state index contributed by atoms with van der Waals surface area (Å²) in [5, 5.41) is 2.89. The summed E-state index contributed by atoms with van der Waals surface area (Å²) in [6.45, 7) is 5.89. The number of methoxy groups -OCH3 is 1. The molecule has 3 aromatic carbocycles. The van der Waals surface area contributed by atoms with Crippen LogP contribution in [0.15, 0.2) is 78.9 Å². The molecule has 0 aromatic heterocycles. The topological polar surface area (TPSA) is 84.9 Å². The average Bonchev–Trinajstić information content (AvgIpc) is 2.88. The van der Waals surface area contributed by atoms with E-state index in [4.69, 9.17) is 21.1 Å². The molecule has 4 amide bonds. The van der Waals surface area contributed by atoms with Gasteiger partial charge in [0.15, 0.2) is 11.5 Å². The van der Waals surface area contributed by atoms with E-state index in [1.54, 1.807) is 61.5 Å². The van der Waals surface area contributed by atoms with Crippen LogP contribution in [0, 0.1) is 6.92 Å². The second kappa shape index (κ2) is 11.1. The van der Waals surface area contributed by atoms with Crippen LogP contribution in [-0.4, -0.2) is 25.0 Å². The quantitative estimate of drug-likeness (QED) is 0.238. The molecule has 0 atom stereocenters. The molecule has 1 N–H and O–H groups in total. The number of nitrogens with one attached hydrogen (secondary N) is 1. The smallest absolute Gasteiger partial charge is 0.335 e. The Balaban J connectivity index is 1.70. The fourth-order valence-corrected chi connectivity index (χ4v) is 4.11. The lowest BCUT2D eigenvalue weighted by molar-refractivity contribution is -0.122. The fourth-order valence-electron chi connectivity index (χ4n) is 3.98. The number of rotatable bonds is 8. The highest BCUT2D eigenvalue weighted by atomic mass is 35.5. The van der Waals surface area contributed by atoms with Gasteiger partial charge in [-0.3, -0.25) is 14.9 Å².